The van der Waals surface area contributed by atoms with Crippen LogP contribution in [0.15, 0.2) is 98.1 Å². The molecule has 0 saturated carbocycles. The third kappa shape index (κ3) is 7.55. The van der Waals surface area contributed by atoms with Crippen molar-refractivity contribution < 1.29 is 28.8 Å². The van der Waals surface area contributed by atoms with Gasteiger partial charge in [-0.1, -0.05) is 24.3 Å². The fourth-order valence-corrected chi connectivity index (χ4v) is 8.16. The van der Waals surface area contributed by atoms with Crippen LogP contribution in [-0.2, 0) is 9.59 Å². The lowest BCUT2D eigenvalue weighted by molar-refractivity contribution is -0.134. The zero-order valence-electron chi connectivity index (χ0n) is 34.4. The van der Waals surface area contributed by atoms with E-state index < -0.39 is 35.7 Å². The Balaban J connectivity index is 0.985. The molecule has 2 unspecified atom stereocenters. The van der Waals surface area contributed by atoms with Crippen molar-refractivity contribution >= 4 is 57.0 Å². The van der Waals surface area contributed by atoms with Crippen LogP contribution >= 0.6 is 0 Å². The summed E-state index contributed by atoms with van der Waals surface area (Å²) in [5.41, 5.74) is 3.03. The van der Waals surface area contributed by atoms with Gasteiger partial charge < -0.3 is 29.6 Å². The quantitative estimate of drug-likeness (QED) is 0.138. The number of aromatic nitrogens is 4. The summed E-state index contributed by atoms with van der Waals surface area (Å²) in [6, 6.07) is 16.9. The minimum atomic E-state index is -0.570. The fraction of sp³-hybridized carbons (Fsp3) is 0.289. The van der Waals surface area contributed by atoms with Crippen molar-refractivity contribution in [2.45, 2.75) is 32.4 Å². The molecule has 4 heterocycles. The predicted octanol–water partition coefficient (Wildman–Crippen LogP) is 3.52. The van der Waals surface area contributed by atoms with Crippen LogP contribution in [0.25, 0.3) is 32.9 Å². The summed E-state index contributed by atoms with van der Waals surface area (Å²) in [6.45, 7) is 3.86. The Kier molecular flexibility index (Phi) is 11.3. The van der Waals surface area contributed by atoms with Gasteiger partial charge in [0, 0.05) is 97.3 Å². The largest absolute Gasteiger partial charge is 0.339 e. The Morgan fingerprint density at radius 3 is 1.38 bits per heavy atom. The van der Waals surface area contributed by atoms with E-state index in [1.165, 1.54) is 9.80 Å². The number of imidazole rings is 2. The van der Waals surface area contributed by atoms with E-state index in [4.69, 9.17) is 0 Å². The molecule has 0 saturated heterocycles. The van der Waals surface area contributed by atoms with E-state index in [2.05, 4.69) is 20.6 Å². The summed E-state index contributed by atoms with van der Waals surface area (Å²) in [6.07, 6.45) is 10.5. The van der Waals surface area contributed by atoms with Crippen LogP contribution in [0.4, 0.5) is 0 Å². The Morgan fingerprint density at radius 2 is 1.00 bits per heavy atom. The van der Waals surface area contributed by atoms with E-state index in [0.717, 1.165) is 22.1 Å². The summed E-state index contributed by atoms with van der Waals surface area (Å²) in [4.78, 5) is 97.3. The van der Waals surface area contributed by atoms with Crippen molar-refractivity contribution in [3.63, 3.8) is 0 Å². The van der Waals surface area contributed by atoms with Crippen LogP contribution in [0.2, 0.25) is 0 Å². The number of hydrogen-bond donors (Lipinski definition) is 2. The van der Waals surface area contributed by atoms with E-state index in [1.54, 1.807) is 121 Å². The van der Waals surface area contributed by atoms with Crippen molar-refractivity contribution in [3.8, 4) is 11.4 Å². The van der Waals surface area contributed by atoms with E-state index in [-0.39, 0.29) is 51.1 Å². The molecule has 0 aliphatic carbocycles. The maximum Gasteiger partial charge on any atom is 0.261 e. The van der Waals surface area contributed by atoms with E-state index in [1.807, 2.05) is 24.3 Å². The van der Waals surface area contributed by atoms with Crippen LogP contribution < -0.4 is 10.6 Å². The van der Waals surface area contributed by atoms with Gasteiger partial charge in [0.25, 0.3) is 23.6 Å². The van der Waals surface area contributed by atoms with Crippen molar-refractivity contribution in [1.82, 2.24) is 49.3 Å². The molecule has 4 aromatic carbocycles. The van der Waals surface area contributed by atoms with Crippen LogP contribution in [0.5, 0.6) is 0 Å². The van der Waals surface area contributed by atoms with Crippen LogP contribution in [0, 0.1) is 0 Å². The molecule has 6 aromatic rings. The summed E-state index contributed by atoms with van der Waals surface area (Å²) in [7, 11) is 3.35. The highest BCUT2D eigenvalue weighted by atomic mass is 16.2. The molecule has 0 bridgehead atoms. The summed E-state index contributed by atoms with van der Waals surface area (Å²) in [5.74, 6) is -2.27. The zero-order chi connectivity index (χ0) is 42.9. The lowest BCUT2D eigenvalue weighted by Crippen LogP contribution is -2.51. The number of imide groups is 2. The number of hydrogen-bond acceptors (Lipinski definition) is 10. The minimum absolute atomic E-state index is 0.0541. The molecule has 8 rings (SSSR count). The molecule has 0 fully saturated rings. The molecule has 6 amide bonds. The molecular formula is C45H46N10O6. The molecule has 2 atom stereocenters. The third-order valence-corrected chi connectivity index (χ3v) is 11.7. The molecule has 0 spiro atoms. The number of rotatable bonds is 16. The Morgan fingerprint density at radius 1 is 0.590 bits per heavy atom. The Labute approximate surface area is 351 Å². The monoisotopic (exact) mass is 822 g/mol. The minimum Gasteiger partial charge on any atom is -0.339 e. The van der Waals surface area contributed by atoms with E-state index in [9.17, 15) is 28.8 Å². The first-order valence-corrected chi connectivity index (χ1v) is 20.3. The smallest absolute Gasteiger partial charge is 0.261 e. The highest BCUT2D eigenvalue weighted by molar-refractivity contribution is 6.26. The second-order valence-corrected chi connectivity index (χ2v) is 15.3. The van der Waals surface area contributed by atoms with Gasteiger partial charge in [0.15, 0.2) is 0 Å². The standard InChI is InChI=1S/C45H46N10O6/c1-28(46-3)40(56)50(18-20-54-42(58)34-10-5-8-30-22-32(52-16-12-48-26-52)24-36(38(30)34)44(54)60)14-7-15-51(41(57)29(2)47-4)19-21-55-43(59)35-11-6-9-31-23-33(53-17-13-49-27-53)25-37(39(31)35)45(55)61/h5-6,8-13,16-17,22-29,46-47H,7,14-15,18-21H2,1-4H3. The molecule has 16 heteroatoms. The molecule has 2 N–H and O–H groups in total. The van der Waals surface area contributed by atoms with Gasteiger partial charge in [-0.05, 0) is 81.5 Å². The van der Waals surface area contributed by atoms with Gasteiger partial charge in [0.1, 0.15) is 0 Å². The first kappa shape index (κ1) is 40.7. The van der Waals surface area contributed by atoms with Gasteiger partial charge in [-0.25, -0.2) is 9.97 Å². The van der Waals surface area contributed by atoms with Crippen molar-refractivity contribution in [1.29, 1.82) is 0 Å². The van der Waals surface area contributed by atoms with Crippen LogP contribution in [-0.4, -0.2) is 140 Å². The lowest BCUT2D eigenvalue weighted by Gasteiger charge is -2.33. The number of likely N-dealkylation sites (N-methyl/N-ethyl adjacent to an activating group) is 2. The summed E-state index contributed by atoms with van der Waals surface area (Å²) >= 11 is 0. The number of benzene rings is 4. The number of carbonyl (C=O) groups excluding carboxylic acids is 6. The van der Waals surface area contributed by atoms with E-state index >= 15 is 0 Å². The second kappa shape index (κ2) is 16.9. The average molecular weight is 823 g/mol. The summed E-state index contributed by atoms with van der Waals surface area (Å²) < 4.78 is 3.59. The average Bonchev–Trinajstić information content (AvgIpc) is 4.03. The molecule has 2 aliphatic heterocycles. The van der Waals surface area contributed by atoms with Crippen LogP contribution in [0.3, 0.4) is 0 Å². The SMILES string of the molecule is CNC(C)C(=O)N(CCCN(CCN1C(=O)c2cccc3cc(-n4ccnc4)cc(c23)C1=O)C(=O)C(C)NC)CCN1C(=O)c2cccc3cc(-n4ccnc4)cc(c23)C1=O. The van der Waals surface area contributed by atoms with Gasteiger partial charge in [0.05, 0.1) is 35.9 Å². The summed E-state index contributed by atoms with van der Waals surface area (Å²) in [5, 5.41) is 8.65. The lowest BCUT2D eigenvalue weighted by atomic mass is 9.93. The molecular weight excluding hydrogens is 777 g/mol. The van der Waals surface area contributed by atoms with Crippen molar-refractivity contribution in [2.75, 3.05) is 53.4 Å². The predicted molar refractivity (Wildman–Crippen MR) is 228 cm³/mol. The Hall–Kier alpha value is -7.04. The molecule has 312 valence electrons. The van der Waals surface area contributed by atoms with Gasteiger partial charge in [-0.15, -0.1) is 0 Å². The van der Waals surface area contributed by atoms with Gasteiger partial charge in [0.2, 0.25) is 11.8 Å². The van der Waals surface area contributed by atoms with Gasteiger partial charge in [-0.2, -0.15) is 0 Å². The second-order valence-electron chi connectivity index (χ2n) is 15.3. The van der Waals surface area contributed by atoms with Crippen LogP contribution in [0.1, 0.15) is 61.7 Å². The number of nitrogens with zero attached hydrogens (tertiary/aromatic N) is 8. The Bertz CT molecular complexity index is 2510. The molecule has 2 aliphatic rings. The third-order valence-electron chi connectivity index (χ3n) is 11.7. The highest BCUT2D eigenvalue weighted by Gasteiger charge is 2.36. The first-order valence-electron chi connectivity index (χ1n) is 20.3. The van der Waals surface area contributed by atoms with E-state index in [0.29, 0.717) is 39.4 Å². The normalized spacial score (nSPS) is 14.6. The van der Waals surface area contributed by atoms with Gasteiger partial charge >= 0.3 is 0 Å². The molecule has 16 nitrogen and oxygen atoms in total. The first-order chi connectivity index (χ1) is 29.5. The topological polar surface area (TPSA) is 175 Å². The number of nitrogens with one attached hydrogen (secondary N) is 2. The maximum absolute atomic E-state index is 14.1. The highest BCUT2D eigenvalue weighted by Crippen LogP contribution is 2.34. The number of amides is 6. The zero-order valence-corrected chi connectivity index (χ0v) is 34.4. The number of carbonyl (C=O) groups is 6. The maximum atomic E-state index is 14.1. The van der Waals surface area contributed by atoms with Gasteiger partial charge in [-0.3, -0.25) is 38.6 Å². The fourth-order valence-electron chi connectivity index (χ4n) is 8.16. The van der Waals surface area contributed by atoms with Crippen molar-refractivity contribution in [3.05, 3.63) is 120 Å². The molecule has 2 aromatic heterocycles. The van der Waals surface area contributed by atoms with Crippen molar-refractivity contribution in [2.24, 2.45) is 0 Å². The molecule has 61 heavy (non-hydrogen) atoms. The molecule has 0 radical (unpaired) electrons.